The van der Waals surface area contributed by atoms with Crippen LogP contribution in [0.1, 0.15) is 15.9 Å². The number of rotatable bonds is 3. The molecule has 0 atom stereocenters. The van der Waals surface area contributed by atoms with Gasteiger partial charge in [-0.2, -0.15) is 0 Å². The molecule has 1 amide bonds. The fourth-order valence-corrected chi connectivity index (χ4v) is 3.02. The Hall–Kier alpha value is -3.21. The van der Waals surface area contributed by atoms with Gasteiger partial charge < -0.3 is 10.2 Å². The smallest absolute Gasteiger partial charge is 0.256 e. The lowest BCUT2D eigenvalue weighted by Gasteiger charge is -2.19. The van der Waals surface area contributed by atoms with Crippen LogP contribution in [-0.4, -0.2) is 17.4 Å². The summed E-state index contributed by atoms with van der Waals surface area (Å²) >= 11 is 0. The van der Waals surface area contributed by atoms with Gasteiger partial charge >= 0.3 is 0 Å². The van der Waals surface area contributed by atoms with Gasteiger partial charge in [-0.15, -0.1) is 0 Å². The Balaban J connectivity index is 1.49. The summed E-state index contributed by atoms with van der Waals surface area (Å²) in [6.45, 7) is 0.919. The van der Waals surface area contributed by atoms with Crippen molar-refractivity contribution in [3.05, 3.63) is 83.8 Å². The summed E-state index contributed by atoms with van der Waals surface area (Å²) in [5, 5.41) is 2.72. The highest BCUT2D eigenvalue weighted by atomic mass is 19.1. The third-order valence-corrected chi connectivity index (χ3v) is 4.29. The largest absolute Gasteiger partial charge is 0.340 e. The SMILES string of the molecule is O=C(Nc1ccc(N2CCc3ccccc32)cn1)c1ccc(F)cc1. The minimum atomic E-state index is -0.370. The Morgan fingerprint density at radius 2 is 1.84 bits per heavy atom. The molecule has 0 fully saturated rings. The van der Waals surface area contributed by atoms with Crippen molar-refractivity contribution in [3.63, 3.8) is 0 Å². The molecule has 2 aromatic carbocycles. The molecule has 2 heterocycles. The average molecular weight is 333 g/mol. The van der Waals surface area contributed by atoms with Crippen LogP contribution in [0.4, 0.5) is 21.6 Å². The minimum absolute atomic E-state index is 0.313. The highest BCUT2D eigenvalue weighted by Gasteiger charge is 2.19. The second-order valence-corrected chi connectivity index (χ2v) is 5.89. The third kappa shape index (κ3) is 3.08. The molecule has 1 aliphatic rings. The van der Waals surface area contributed by atoms with E-state index >= 15 is 0 Å². The van der Waals surface area contributed by atoms with Gasteiger partial charge in [-0.25, -0.2) is 9.37 Å². The van der Waals surface area contributed by atoms with Crippen LogP contribution in [0.3, 0.4) is 0 Å². The number of pyridine rings is 1. The standard InChI is InChI=1S/C20H16FN3O/c21-16-7-5-15(6-8-16)20(25)23-19-10-9-17(13-22-19)24-12-11-14-3-1-2-4-18(14)24/h1-10,13H,11-12H2,(H,22,23,25). The zero-order valence-corrected chi connectivity index (χ0v) is 13.4. The van der Waals surface area contributed by atoms with Gasteiger partial charge in [-0.3, -0.25) is 4.79 Å². The normalized spacial score (nSPS) is 12.8. The first-order valence-corrected chi connectivity index (χ1v) is 8.09. The fourth-order valence-electron chi connectivity index (χ4n) is 3.02. The number of halogens is 1. The van der Waals surface area contributed by atoms with E-state index < -0.39 is 0 Å². The first-order chi connectivity index (χ1) is 12.2. The van der Waals surface area contributed by atoms with Gasteiger partial charge in [-0.1, -0.05) is 18.2 Å². The minimum Gasteiger partial charge on any atom is -0.340 e. The van der Waals surface area contributed by atoms with E-state index in [4.69, 9.17) is 0 Å². The molecule has 5 heteroatoms. The van der Waals surface area contributed by atoms with E-state index in [1.165, 1.54) is 35.5 Å². The molecule has 0 spiro atoms. The number of nitrogens with zero attached hydrogens (tertiary/aromatic N) is 2. The highest BCUT2D eigenvalue weighted by molar-refractivity contribution is 6.03. The van der Waals surface area contributed by atoms with Crippen LogP contribution >= 0.6 is 0 Å². The van der Waals surface area contributed by atoms with Crippen molar-refractivity contribution in [1.82, 2.24) is 4.98 Å². The van der Waals surface area contributed by atoms with E-state index in [1.807, 2.05) is 12.1 Å². The Morgan fingerprint density at radius 3 is 2.60 bits per heavy atom. The first-order valence-electron chi connectivity index (χ1n) is 8.09. The predicted molar refractivity (Wildman–Crippen MR) is 95.7 cm³/mol. The number of hydrogen-bond acceptors (Lipinski definition) is 3. The van der Waals surface area contributed by atoms with E-state index in [-0.39, 0.29) is 11.7 Å². The van der Waals surface area contributed by atoms with Crippen LogP contribution in [-0.2, 0) is 6.42 Å². The number of hydrogen-bond donors (Lipinski definition) is 1. The highest BCUT2D eigenvalue weighted by Crippen LogP contribution is 2.33. The molecule has 0 bridgehead atoms. The molecule has 1 aliphatic heterocycles. The maximum Gasteiger partial charge on any atom is 0.256 e. The van der Waals surface area contributed by atoms with Gasteiger partial charge in [0.05, 0.1) is 11.9 Å². The number of benzene rings is 2. The van der Waals surface area contributed by atoms with Crippen LogP contribution in [0.15, 0.2) is 66.9 Å². The van der Waals surface area contributed by atoms with E-state index in [0.29, 0.717) is 11.4 Å². The van der Waals surface area contributed by atoms with Crippen LogP contribution in [0, 0.1) is 5.82 Å². The van der Waals surface area contributed by atoms with Gasteiger partial charge in [-0.05, 0) is 54.4 Å². The molecule has 4 rings (SSSR count). The average Bonchev–Trinajstić information content (AvgIpc) is 3.07. The maximum atomic E-state index is 12.9. The van der Waals surface area contributed by atoms with Gasteiger partial charge in [0.1, 0.15) is 11.6 Å². The van der Waals surface area contributed by atoms with Crippen LogP contribution in [0.5, 0.6) is 0 Å². The van der Waals surface area contributed by atoms with Gasteiger partial charge in [0.2, 0.25) is 0 Å². The molecule has 1 N–H and O–H groups in total. The lowest BCUT2D eigenvalue weighted by atomic mass is 10.2. The summed E-state index contributed by atoms with van der Waals surface area (Å²) in [4.78, 5) is 18.7. The molecule has 4 nitrogen and oxygen atoms in total. The second kappa shape index (κ2) is 6.36. The molecular weight excluding hydrogens is 317 g/mol. The van der Waals surface area contributed by atoms with Crippen LogP contribution in [0.25, 0.3) is 0 Å². The predicted octanol–water partition coefficient (Wildman–Crippen LogP) is 4.17. The number of para-hydroxylation sites is 1. The summed E-state index contributed by atoms with van der Waals surface area (Å²) in [5.74, 6) is -0.220. The summed E-state index contributed by atoms with van der Waals surface area (Å²) in [7, 11) is 0. The topological polar surface area (TPSA) is 45.2 Å². The first kappa shape index (κ1) is 15.3. The monoisotopic (exact) mass is 333 g/mol. The van der Waals surface area contributed by atoms with Crippen molar-refractivity contribution in [3.8, 4) is 0 Å². The van der Waals surface area contributed by atoms with Crippen LogP contribution < -0.4 is 10.2 Å². The maximum absolute atomic E-state index is 12.9. The second-order valence-electron chi connectivity index (χ2n) is 5.89. The van der Waals surface area contributed by atoms with Crippen molar-refractivity contribution in [2.45, 2.75) is 6.42 Å². The third-order valence-electron chi connectivity index (χ3n) is 4.29. The Kier molecular flexibility index (Phi) is 3.90. The fraction of sp³-hybridized carbons (Fsp3) is 0.100. The molecule has 0 radical (unpaired) electrons. The molecule has 0 saturated heterocycles. The number of aromatic nitrogens is 1. The lowest BCUT2D eigenvalue weighted by Crippen LogP contribution is -2.15. The summed E-state index contributed by atoms with van der Waals surface area (Å²) in [6, 6.07) is 17.4. The number of carbonyl (C=O) groups is 1. The zero-order valence-electron chi connectivity index (χ0n) is 13.4. The number of fused-ring (bicyclic) bond motifs is 1. The van der Waals surface area contributed by atoms with Gasteiger partial charge in [0, 0.05) is 17.8 Å². The van der Waals surface area contributed by atoms with Crippen molar-refractivity contribution < 1.29 is 9.18 Å². The summed E-state index contributed by atoms with van der Waals surface area (Å²) < 4.78 is 12.9. The lowest BCUT2D eigenvalue weighted by molar-refractivity contribution is 0.102. The van der Waals surface area contributed by atoms with E-state index in [0.717, 1.165) is 18.7 Å². The molecular formula is C20H16FN3O. The molecule has 0 unspecified atom stereocenters. The summed E-state index contributed by atoms with van der Waals surface area (Å²) in [5.41, 5.74) is 3.91. The number of amides is 1. The van der Waals surface area contributed by atoms with Gasteiger partial charge in [0.15, 0.2) is 0 Å². The molecule has 3 aromatic rings. The van der Waals surface area contributed by atoms with Crippen molar-refractivity contribution in [2.75, 3.05) is 16.8 Å². The van der Waals surface area contributed by atoms with Gasteiger partial charge in [0.25, 0.3) is 5.91 Å². The number of anilines is 3. The number of nitrogens with one attached hydrogen (secondary N) is 1. The van der Waals surface area contributed by atoms with E-state index in [1.54, 1.807) is 12.3 Å². The molecule has 1 aromatic heterocycles. The molecule has 0 aliphatic carbocycles. The Bertz CT molecular complexity index is 907. The molecule has 25 heavy (non-hydrogen) atoms. The zero-order chi connectivity index (χ0) is 17.2. The van der Waals surface area contributed by atoms with Crippen molar-refractivity contribution in [2.24, 2.45) is 0 Å². The van der Waals surface area contributed by atoms with Crippen LogP contribution in [0.2, 0.25) is 0 Å². The Labute approximate surface area is 144 Å². The Morgan fingerprint density at radius 1 is 1.04 bits per heavy atom. The quantitative estimate of drug-likeness (QED) is 0.782. The molecule has 0 saturated carbocycles. The summed E-state index contributed by atoms with van der Waals surface area (Å²) in [6.07, 6.45) is 2.77. The van der Waals surface area contributed by atoms with Crippen molar-refractivity contribution >= 4 is 23.1 Å². The van der Waals surface area contributed by atoms with E-state index in [2.05, 4.69) is 33.4 Å². The molecule has 124 valence electrons. The number of carbonyl (C=O) groups excluding carboxylic acids is 1. The van der Waals surface area contributed by atoms with E-state index in [9.17, 15) is 9.18 Å². The van der Waals surface area contributed by atoms with Crippen molar-refractivity contribution in [1.29, 1.82) is 0 Å².